The van der Waals surface area contributed by atoms with Gasteiger partial charge in [0.2, 0.25) is 0 Å². The molecule has 534 valence electrons. The van der Waals surface area contributed by atoms with Crippen LogP contribution in [0.25, 0.3) is 0 Å². The number of unbranched alkanes of at least 4 members (excludes halogenated alkanes) is 30. The third-order valence-electron chi connectivity index (χ3n) is 15.1. The molecule has 0 rings (SSSR count). The smallest absolute Gasteiger partial charge is 0.462 e. The number of esters is 4. The Bertz CT molecular complexity index is 2040. The van der Waals surface area contributed by atoms with E-state index in [0.717, 1.165) is 180 Å². The topological polar surface area (TPSA) is 237 Å². The number of carbonyl (C=O) groups excluding carboxylic acids is 4. The molecule has 0 aliphatic rings. The fourth-order valence-corrected chi connectivity index (χ4v) is 11.1. The van der Waals surface area contributed by atoms with Gasteiger partial charge in [0.15, 0.2) is 12.2 Å². The van der Waals surface area contributed by atoms with Gasteiger partial charge in [0.25, 0.3) is 0 Å². The van der Waals surface area contributed by atoms with E-state index >= 15 is 0 Å². The lowest BCUT2D eigenvalue weighted by Crippen LogP contribution is -2.30. The largest absolute Gasteiger partial charge is 0.472 e. The van der Waals surface area contributed by atoms with Crippen LogP contribution >= 0.6 is 15.6 Å². The quantitative estimate of drug-likeness (QED) is 0.0169. The van der Waals surface area contributed by atoms with Crippen LogP contribution in [0.1, 0.15) is 310 Å². The zero-order valence-electron chi connectivity index (χ0n) is 58.0. The number of carbonyl (C=O) groups is 4. The van der Waals surface area contributed by atoms with Crippen LogP contribution in [-0.4, -0.2) is 96.7 Å². The second-order valence-corrected chi connectivity index (χ2v) is 27.0. The summed E-state index contributed by atoms with van der Waals surface area (Å²) in [7, 11) is -9.93. The van der Waals surface area contributed by atoms with Crippen LogP contribution in [0.4, 0.5) is 0 Å². The number of hydrogen-bond acceptors (Lipinski definition) is 15. The van der Waals surface area contributed by atoms with Gasteiger partial charge >= 0.3 is 39.5 Å². The molecule has 0 saturated heterocycles. The van der Waals surface area contributed by atoms with Gasteiger partial charge < -0.3 is 33.8 Å². The van der Waals surface area contributed by atoms with Gasteiger partial charge in [-0.25, -0.2) is 9.13 Å². The minimum absolute atomic E-state index is 0.0839. The summed E-state index contributed by atoms with van der Waals surface area (Å²) < 4.78 is 68.2. The lowest BCUT2D eigenvalue weighted by Gasteiger charge is -2.21. The van der Waals surface area contributed by atoms with E-state index in [-0.39, 0.29) is 25.7 Å². The third kappa shape index (κ3) is 65.2. The predicted molar refractivity (Wildman–Crippen MR) is 372 cm³/mol. The zero-order chi connectivity index (χ0) is 67.5. The van der Waals surface area contributed by atoms with Gasteiger partial charge in [-0.15, -0.1) is 0 Å². The summed E-state index contributed by atoms with van der Waals surface area (Å²) in [4.78, 5) is 72.5. The summed E-state index contributed by atoms with van der Waals surface area (Å²) in [5.41, 5.74) is 0. The molecule has 0 spiro atoms. The monoisotopic (exact) mass is 1340 g/mol. The molecule has 0 amide bonds. The van der Waals surface area contributed by atoms with Crippen LogP contribution in [0.2, 0.25) is 0 Å². The van der Waals surface area contributed by atoms with E-state index in [1.54, 1.807) is 0 Å². The van der Waals surface area contributed by atoms with Crippen molar-refractivity contribution in [3.63, 3.8) is 0 Å². The molecule has 0 aromatic rings. The number of aliphatic hydroxyl groups is 1. The number of rotatable bonds is 68. The zero-order valence-corrected chi connectivity index (χ0v) is 59.8. The molecule has 0 aromatic heterocycles. The SMILES string of the molecule is CC/C=C\C/C=C\C/C=C\CCCCCCCCCC(=O)OCC(COP(=O)(O)OCC(O)COP(=O)(O)OCC(COC(=O)CCCCCCC/C=C\CCCCCC)OC(=O)CCCCCCC/C=C\CCCC)OC(=O)CCCCCCC/C=C\CCCC. The van der Waals surface area contributed by atoms with Crippen molar-refractivity contribution in [2.75, 3.05) is 39.6 Å². The fraction of sp³-hybridized carbons (Fsp3) is 0.781. The molecule has 19 heteroatoms. The second-order valence-electron chi connectivity index (χ2n) is 24.1. The number of allylic oxidation sites excluding steroid dienone is 12. The van der Waals surface area contributed by atoms with Gasteiger partial charge in [-0.05, 0) is 122 Å². The predicted octanol–water partition coefficient (Wildman–Crippen LogP) is 20.1. The summed E-state index contributed by atoms with van der Waals surface area (Å²) in [5.74, 6) is -2.20. The van der Waals surface area contributed by atoms with Crippen LogP contribution in [0.3, 0.4) is 0 Å². The Hall–Kier alpha value is -3.50. The Morgan fingerprint density at radius 3 is 0.913 bits per heavy atom. The van der Waals surface area contributed by atoms with Crippen LogP contribution < -0.4 is 0 Å². The van der Waals surface area contributed by atoms with Crippen LogP contribution in [-0.2, 0) is 65.4 Å². The van der Waals surface area contributed by atoms with Gasteiger partial charge in [0.05, 0.1) is 26.4 Å². The van der Waals surface area contributed by atoms with Gasteiger partial charge in [-0.3, -0.25) is 37.3 Å². The van der Waals surface area contributed by atoms with E-state index in [1.807, 2.05) is 0 Å². The minimum Gasteiger partial charge on any atom is -0.462 e. The standard InChI is InChI=1S/C73H130O17P2/c1-5-9-13-17-21-25-29-31-32-33-34-36-40-42-46-50-54-58-71(76)84-64-69(90-73(78)60-56-52-48-44-38-28-24-20-16-12-8-4)66-88-92(81,82)86-62-67(74)61-85-91(79,80)87-65-68(89-72(77)59-55-51-47-43-37-27-23-19-15-11-7-3)63-83-70(75)57-53-49-45-41-39-35-30-26-22-18-14-10-6-2/h9,13,19-21,23-26,30-32,67-69,74H,5-8,10-12,14-18,22,27-29,33-66H2,1-4H3,(H,79,80)(H,81,82)/b13-9-,23-19-,24-20-,25-21-,30-26-,32-31-. The van der Waals surface area contributed by atoms with Crippen molar-refractivity contribution in [3.05, 3.63) is 72.9 Å². The van der Waals surface area contributed by atoms with Gasteiger partial charge in [0, 0.05) is 25.7 Å². The number of hydrogen-bond donors (Lipinski definition) is 3. The van der Waals surface area contributed by atoms with Crippen molar-refractivity contribution in [1.29, 1.82) is 0 Å². The van der Waals surface area contributed by atoms with E-state index in [0.29, 0.717) is 25.7 Å². The number of ether oxygens (including phenoxy) is 4. The molecular weight excluding hydrogens is 1210 g/mol. The van der Waals surface area contributed by atoms with Crippen molar-refractivity contribution >= 4 is 39.5 Å². The summed E-state index contributed by atoms with van der Waals surface area (Å²) in [6.07, 6.45) is 63.4. The summed E-state index contributed by atoms with van der Waals surface area (Å²) in [6.45, 7) is 4.64. The highest BCUT2D eigenvalue weighted by Crippen LogP contribution is 2.45. The Morgan fingerprint density at radius 2 is 0.576 bits per heavy atom. The molecule has 0 radical (unpaired) electrons. The van der Waals surface area contributed by atoms with Crippen LogP contribution in [0, 0.1) is 0 Å². The van der Waals surface area contributed by atoms with E-state index in [1.165, 1.54) is 51.4 Å². The maximum absolute atomic E-state index is 13.0. The number of phosphoric ester groups is 2. The van der Waals surface area contributed by atoms with Gasteiger partial charge in [-0.1, -0.05) is 235 Å². The molecule has 5 unspecified atom stereocenters. The molecule has 0 aliphatic heterocycles. The van der Waals surface area contributed by atoms with E-state index in [9.17, 15) is 43.2 Å². The maximum atomic E-state index is 13.0. The van der Waals surface area contributed by atoms with E-state index in [2.05, 4.69) is 101 Å². The summed E-state index contributed by atoms with van der Waals surface area (Å²) >= 11 is 0. The molecule has 92 heavy (non-hydrogen) atoms. The van der Waals surface area contributed by atoms with Crippen LogP contribution in [0.5, 0.6) is 0 Å². The first-order chi connectivity index (χ1) is 44.7. The Kier molecular flexibility index (Phi) is 63.6. The molecule has 5 atom stereocenters. The molecule has 0 saturated carbocycles. The summed E-state index contributed by atoms with van der Waals surface area (Å²) in [5, 5.41) is 10.6. The van der Waals surface area contributed by atoms with Crippen molar-refractivity contribution in [2.24, 2.45) is 0 Å². The highest BCUT2D eigenvalue weighted by molar-refractivity contribution is 7.47. The maximum Gasteiger partial charge on any atom is 0.472 e. The Balaban J connectivity index is 5.28. The lowest BCUT2D eigenvalue weighted by atomic mass is 10.1. The number of phosphoric acid groups is 2. The minimum atomic E-state index is -4.97. The molecule has 0 aromatic carbocycles. The normalized spacial score (nSPS) is 14.5. The highest BCUT2D eigenvalue weighted by atomic mass is 31.2. The van der Waals surface area contributed by atoms with Crippen molar-refractivity contribution < 1.29 is 80.2 Å². The summed E-state index contributed by atoms with van der Waals surface area (Å²) in [6, 6.07) is 0. The first-order valence-corrected chi connectivity index (χ1v) is 39.2. The first kappa shape index (κ1) is 88.5. The molecule has 0 heterocycles. The van der Waals surface area contributed by atoms with E-state index < -0.39 is 97.5 Å². The molecule has 0 bridgehead atoms. The second kappa shape index (κ2) is 66.1. The lowest BCUT2D eigenvalue weighted by molar-refractivity contribution is -0.161. The van der Waals surface area contributed by atoms with E-state index in [4.69, 9.17) is 37.0 Å². The highest BCUT2D eigenvalue weighted by Gasteiger charge is 2.30. The fourth-order valence-electron chi connectivity index (χ4n) is 9.54. The average molecular weight is 1340 g/mol. The molecule has 3 N–H and O–H groups in total. The first-order valence-electron chi connectivity index (χ1n) is 36.2. The van der Waals surface area contributed by atoms with Gasteiger partial charge in [0.1, 0.15) is 19.3 Å². The molecule has 17 nitrogen and oxygen atoms in total. The van der Waals surface area contributed by atoms with Crippen molar-refractivity contribution in [2.45, 2.75) is 329 Å². The Labute approximate surface area is 558 Å². The van der Waals surface area contributed by atoms with Crippen molar-refractivity contribution in [1.82, 2.24) is 0 Å². The Morgan fingerprint density at radius 1 is 0.315 bits per heavy atom. The average Bonchev–Trinajstić information content (AvgIpc) is 2.31. The number of aliphatic hydroxyl groups excluding tert-OH is 1. The molecule has 0 fully saturated rings. The van der Waals surface area contributed by atoms with Crippen LogP contribution in [0.15, 0.2) is 72.9 Å². The third-order valence-corrected chi connectivity index (χ3v) is 17.0. The van der Waals surface area contributed by atoms with Gasteiger partial charge in [-0.2, -0.15) is 0 Å². The van der Waals surface area contributed by atoms with Crippen molar-refractivity contribution in [3.8, 4) is 0 Å². The molecular formula is C73H130O17P2. The molecule has 0 aliphatic carbocycles.